The third kappa shape index (κ3) is 4.66. The van der Waals surface area contributed by atoms with Crippen LogP contribution in [-0.2, 0) is 16.6 Å². The van der Waals surface area contributed by atoms with Crippen molar-refractivity contribution in [2.24, 2.45) is 0 Å². The molecule has 3 rings (SSSR count). The second kappa shape index (κ2) is 8.50. The lowest BCUT2D eigenvalue weighted by atomic mass is 10.1. The van der Waals surface area contributed by atoms with Crippen molar-refractivity contribution in [3.63, 3.8) is 0 Å². The van der Waals surface area contributed by atoms with E-state index in [1.165, 1.54) is 6.07 Å². The second-order valence-electron chi connectivity index (χ2n) is 5.96. The minimum absolute atomic E-state index is 0.127. The van der Waals surface area contributed by atoms with Gasteiger partial charge < -0.3 is 4.74 Å². The van der Waals surface area contributed by atoms with Crippen molar-refractivity contribution in [2.45, 2.75) is 11.4 Å². The zero-order chi connectivity index (χ0) is 21.0. The van der Waals surface area contributed by atoms with Gasteiger partial charge in [-0.2, -0.15) is 5.10 Å². The van der Waals surface area contributed by atoms with E-state index in [0.717, 1.165) is 28.4 Å². The van der Waals surface area contributed by atoms with Gasteiger partial charge in [0.2, 0.25) is 10.0 Å². The van der Waals surface area contributed by atoms with Gasteiger partial charge in [0.25, 0.3) is 5.56 Å². The number of halogens is 2. The third-order valence-corrected chi connectivity index (χ3v) is 5.57. The van der Waals surface area contributed by atoms with Crippen LogP contribution in [0.2, 0.25) is 0 Å². The van der Waals surface area contributed by atoms with Crippen molar-refractivity contribution < 1.29 is 21.9 Å². The van der Waals surface area contributed by atoms with Gasteiger partial charge in [0, 0.05) is 18.2 Å². The maximum atomic E-state index is 13.7. The molecular formula is C19H17F2N3O4S. The summed E-state index contributed by atoms with van der Waals surface area (Å²) in [7, 11) is -2.89. The molecule has 0 radical (unpaired) electrons. The van der Waals surface area contributed by atoms with Crippen molar-refractivity contribution in [1.29, 1.82) is 0 Å². The summed E-state index contributed by atoms with van der Waals surface area (Å²) in [4.78, 5) is 11.0. The van der Waals surface area contributed by atoms with E-state index in [0.29, 0.717) is 11.4 Å². The minimum Gasteiger partial charge on any atom is -0.497 e. The first-order valence-electron chi connectivity index (χ1n) is 8.48. The number of rotatable bonds is 7. The number of sulfonamides is 1. The summed E-state index contributed by atoms with van der Waals surface area (Å²) < 4.78 is 60.1. The molecule has 0 unspecified atom stereocenters. The highest BCUT2D eigenvalue weighted by molar-refractivity contribution is 7.89. The summed E-state index contributed by atoms with van der Waals surface area (Å²) in [5.74, 6) is -1.74. The minimum atomic E-state index is -4.43. The van der Waals surface area contributed by atoms with Gasteiger partial charge in [-0.1, -0.05) is 6.07 Å². The summed E-state index contributed by atoms with van der Waals surface area (Å²) >= 11 is 0. The number of methoxy groups -OCH3 is 1. The Morgan fingerprint density at radius 2 is 1.69 bits per heavy atom. The number of hydrogen-bond acceptors (Lipinski definition) is 5. The molecule has 0 aliphatic heterocycles. The van der Waals surface area contributed by atoms with E-state index in [1.54, 1.807) is 37.4 Å². The number of ether oxygens (including phenoxy) is 1. The smallest absolute Gasteiger partial charge is 0.266 e. The molecule has 0 fully saturated rings. The molecule has 152 valence electrons. The molecule has 1 heterocycles. The molecule has 7 nitrogen and oxygen atoms in total. The average molecular weight is 421 g/mol. The van der Waals surface area contributed by atoms with E-state index in [2.05, 4.69) is 9.82 Å². The van der Waals surface area contributed by atoms with Crippen LogP contribution in [-0.4, -0.2) is 31.9 Å². The van der Waals surface area contributed by atoms with E-state index >= 15 is 0 Å². The Hall–Kier alpha value is -3.11. The zero-order valence-electron chi connectivity index (χ0n) is 15.3. The summed E-state index contributed by atoms with van der Waals surface area (Å²) in [6.07, 6.45) is 0. The zero-order valence-corrected chi connectivity index (χ0v) is 16.1. The SMILES string of the molecule is COc1ccc(-c2ccc(=O)n(CCNS(=O)(=O)c3c(F)cccc3F)n2)cc1. The third-order valence-electron chi connectivity index (χ3n) is 4.06. The van der Waals surface area contributed by atoms with Gasteiger partial charge >= 0.3 is 0 Å². The highest BCUT2D eigenvalue weighted by Gasteiger charge is 2.23. The molecular weight excluding hydrogens is 404 g/mol. The highest BCUT2D eigenvalue weighted by atomic mass is 32.2. The number of hydrogen-bond donors (Lipinski definition) is 1. The molecule has 1 aromatic heterocycles. The molecule has 2 aromatic carbocycles. The molecule has 10 heteroatoms. The molecule has 0 saturated heterocycles. The lowest BCUT2D eigenvalue weighted by Crippen LogP contribution is -2.32. The molecule has 3 aromatic rings. The summed E-state index contributed by atoms with van der Waals surface area (Å²) in [6.45, 7) is -0.410. The number of nitrogens with zero attached hydrogens (tertiary/aromatic N) is 2. The van der Waals surface area contributed by atoms with Gasteiger partial charge in [0.1, 0.15) is 17.4 Å². The lowest BCUT2D eigenvalue weighted by Gasteiger charge is -2.10. The van der Waals surface area contributed by atoms with E-state index in [1.807, 2.05) is 0 Å². The Kier molecular flexibility index (Phi) is 6.04. The highest BCUT2D eigenvalue weighted by Crippen LogP contribution is 2.20. The molecule has 0 bridgehead atoms. The predicted octanol–water partition coefficient (Wildman–Crippen LogP) is 2.18. The fourth-order valence-electron chi connectivity index (χ4n) is 2.62. The van der Waals surface area contributed by atoms with E-state index in [4.69, 9.17) is 4.74 Å². The van der Waals surface area contributed by atoms with E-state index < -0.39 is 32.1 Å². The standard InChI is InChI=1S/C19H17F2N3O4S/c1-28-14-7-5-13(6-8-14)17-9-10-18(25)24(23-17)12-11-22-29(26,27)19-15(20)3-2-4-16(19)21/h2-10,22H,11-12H2,1H3. The van der Waals surface area contributed by atoms with Crippen LogP contribution in [0.1, 0.15) is 0 Å². The Bertz CT molecular complexity index is 1160. The van der Waals surface area contributed by atoms with Gasteiger partial charge in [0.15, 0.2) is 4.90 Å². The van der Waals surface area contributed by atoms with Crippen molar-refractivity contribution in [3.8, 4) is 17.0 Å². The molecule has 0 amide bonds. The summed E-state index contributed by atoms with van der Waals surface area (Å²) in [6, 6.07) is 12.6. The predicted molar refractivity (Wildman–Crippen MR) is 102 cm³/mol. The molecule has 0 aliphatic rings. The maximum Gasteiger partial charge on any atom is 0.266 e. The van der Waals surface area contributed by atoms with E-state index in [-0.39, 0.29) is 13.1 Å². The Morgan fingerprint density at radius 3 is 2.31 bits per heavy atom. The average Bonchev–Trinajstić information content (AvgIpc) is 2.69. The molecule has 0 aliphatic carbocycles. The van der Waals surface area contributed by atoms with Crippen molar-refractivity contribution in [2.75, 3.05) is 13.7 Å². The van der Waals surface area contributed by atoms with Crippen LogP contribution in [0.4, 0.5) is 8.78 Å². The number of benzene rings is 2. The Morgan fingerprint density at radius 1 is 1.03 bits per heavy atom. The van der Waals surface area contributed by atoms with Crippen LogP contribution in [0, 0.1) is 11.6 Å². The van der Waals surface area contributed by atoms with Gasteiger partial charge in [-0.15, -0.1) is 0 Å². The largest absolute Gasteiger partial charge is 0.497 e. The quantitative estimate of drug-likeness (QED) is 0.632. The molecule has 0 atom stereocenters. The first-order chi connectivity index (χ1) is 13.8. The molecule has 0 spiro atoms. The summed E-state index contributed by atoms with van der Waals surface area (Å²) in [5.41, 5.74) is 0.780. The fourth-order valence-corrected chi connectivity index (χ4v) is 3.78. The normalized spacial score (nSPS) is 11.4. The number of aromatic nitrogens is 2. The van der Waals surface area contributed by atoms with Crippen LogP contribution < -0.4 is 15.0 Å². The van der Waals surface area contributed by atoms with Gasteiger partial charge in [-0.05, 0) is 42.5 Å². The molecule has 29 heavy (non-hydrogen) atoms. The molecule has 1 N–H and O–H groups in total. The lowest BCUT2D eigenvalue weighted by molar-refractivity contribution is 0.415. The van der Waals surface area contributed by atoms with Gasteiger partial charge in [0.05, 0.1) is 19.3 Å². The van der Waals surface area contributed by atoms with E-state index in [9.17, 15) is 22.0 Å². The Labute approximate surface area is 165 Å². The van der Waals surface area contributed by atoms with Crippen LogP contribution in [0.15, 0.2) is 64.3 Å². The van der Waals surface area contributed by atoms with Crippen molar-refractivity contribution in [1.82, 2.24) is 14.5 Å². The monoisotopic (exact) mass is 421 g/mol. The topological polar surface area (TPSA) is 90.3 Å². The fraction of sp³-hybridized carbons (Fsp3) is 0.158. The van der Waals surface area contributed by atoms with Crippen molar-refractivity contribution >= 4 is 10.0 Å². The first-order valence-corrected chi connectivity index (χ1v) is 9.96. The van der Waals surface area contributed by atoms with Crippen LogP contribution >= 0.6 is 0 Å². The van der Waals surface area contributed by atoms with Gasteiger partial charge in [-0.25, -0.2) is 26.6 Å². The first kappa shape index (κ1) is 20.6. The van der Waals surface area contributed by atoms with Gasteiger partial charge in [-0.3, -0.25) is 4.79 Å². The van der Waals surface area contributed by atoms with Crippen LogP contribution in [0.5, 0.6) is 5.75 Å². The Balaban J connectivity index is 1.76. The summed E-state index contributed by atoms with van der Waals surface area (Å²) in [5, 5.41) is 4.21. The van der Waals surface area contributed by atoms with Crippen molar-refractivity contribution in [3.05, 3.63) is 76.6 Å². The number of nitrogens with one attached hydrogen (secondary N) is 1. The van der Waals surface area contributed by atoms with Crippen LogP contribution in [0.25, 0.3) is 11.3 Å². The second-order valence-corrected chi connectivity index (χ2v) is 7.66. The molecule has 0 saturated carbocycles. The van der Waals surface area contributed by atoms with Crippen LogP contribution in [0.3, 0.4) is 0 Å². The maximum absolute atomic E-state index is 13.7.